The van der Waals surface area contributed by atoms with E-state index < -0.39 is 11.9 Å². The van der Waals surface area contributed by atoms with Crippen LogP contribution in [0.3, 0.4) is 0 Å². The summed E-state index contributed by atoms with van der Waals surface area (Å²) in [4.78, 5) is 23.8. The Labute approximate surface area is 163 Å². The van der Waals surface area contributed by atoms with E-state index in [1.807, 2.05) is 0 Å². The van der Waals surface area contributed by atoms with E-state index in [1.54, 1.807) is 19.9 Å². The minimum absolute atomic E-state index is 0.0108. The first-order valence-electron chi connectivity index (χ1n) is 8.13. The molecule has 0 atom stereocenters. The number of halogens is 2. The van der Waals surface area contributed by atoms with Crippen LogP contribution in [0.5, 0.6) is 0 Å². The number of amides is 1. The Bertz CT molecular complexity index is 1070. The molecule has 0 saturated heterocycles. The zero-order valence-electron chi connectivity index (χ0n) is 14.8. The number of nitrogens with one attached hydrogen (secondary N) is 2. The number of benzene rings is 1. The minimum atomic E-state index is -1.18. The molecule has 0 fully saturated rings. The van der Waals surface area contributed by atoms with Gasteiger partial charge in [0.05, 0.1) is 10.5 Å². The smallest absolute Gasteiger partial charge is 0.414 e. The number of pyridine rings is 1. The van der Waals surface area contributed by atoms with Crippen LogP contribution < -0.4 is 10.2 Å². The van der Waals surface area contributed by atoms with E-state index in [9.17, 15) is 19.5 Å². The molecule has 0 spiro atoms. The second-order valence-corrected chi connectivity index (χ2v) is 6.47. The molecule has 0 aliphatic carbocycles. The molecule has 0 bridgehead atoms. The Morgan fingerprint density at radius 3 is 2.75 bits per heavy atom. The van der Waals surface area contributed by atoms with E-state index in [2.05, 4.69) is 25.4 Å². The fourth-order valence-corrected chi connectivity index (χ4v) is 2.80. The van der Waals surface area contributed by atoms with E-state index in [0.717, 1.165) is 4.90 Å². The van der Waals surface area contributed by atoms with Gasteiger partial charge in [-0.25, -0.2) is 19.1 Å². The van der Waals surface area contributed by atoms with E-state index in [1.165, 1.54) is 24.4 Å². The SMILES string of the molecule is CC(C)N(C(=O)O)c1nc2nccc(/C(=N\O)Nc3ccc(F)c(Cl)c3)c2[nH]1. The van der Waals surface area contributed by atoms with E-state index in [4.69, 9.17) is 11.6 Å². The zero-order chi connectivity index (χ0) is 20.4. The molecule has 1 amide bonds. The minimum Gasteiger partial charge on any atom is -0.465 e. The van der Waals surface area contributed by atoms with Crippen LogP contribution in [-0.2, 0) is 0 Å². The lowest BCUT2D eigenvalue weighted by Crippen LogP contribution is -2.36. The monoisotopic (exact) mass is 406 g/mol. The number of nitrogens with zero attached hydrogens (tertiary/aromatic N) is 4. The molecule has 3 aromatic rings. The molecule has 0 aliphatic heterocycles. The Morgan fingerprint density at radius 1 is 1.39 bits per heavy atom. The highest BCUT2D eigenvalue weighted by atomic mass is 35.5. The molecule has 1 aromatic carbocycles. The number of oxime groups is 1. The molecule has 0 aliphatic rings. The third kappa shape index (κ3) is 3.67. The molecular weight excluding hydrogens is 391 g/mol. The molecule has 0 radical (unpaired) electrons. The number of aromatic nitrogens is 3. The van der Waals surface area contributed by atoms with E-state index in [0.29, 0.717) is 16.8 Å². The Kier molecular flexibility index (Phi) is 5.32. The van der Waals surface area contributed by atoms with Crippen molar-refractivity contribution < 1.29 is 19.5 Å². The molecule has 9 nitrogen and oxygen atoms in total. The maximum atomic E-state index is 13.3. The summed E-state index contributed by atoms with van der Waals surface area (Å²) >= 11 is 5.77. The Hall–Kier alpha value is -3.40. The second-order valence-electron chi connectivity index (χ2n) is 6.07. The van der Waals surface area contributed by atoms with Crippen molar-refractivity contribution in [2.24, 2.45) is 5.16 Å². The van der Waals surface area contributed by atoms with Crippen LogP contribution in [-0.4, -0.2) is 43.2 Å². The lowest BCUT2D eigenvalue weighted by molar-refractivity contribution is 0.199. The van der Waals surface area contributed by atoms with Crippen LogP contribution in [0.4, 0.5) is 20.8 Å². The Morgan fingerprint density at radius 2 is 2.14 bits per heavy atom. The average molecular weight is 407 g/mol. The maximum absolute atomic E-state index is 13.3. The summed E-state index contributed by atoms with van der Waals surface area (Å²) in [6.45, 7) is 3.41. The summed E-state index contributed by atoms with van der Waals surface area (Å²) in [6.07, 6.45) is 0.263. The fraction of sp³-hybridized carbons (Fsp3) is 0.176. The van der Waals surface area contributed by atoms with Gasteiger partial charge in [0.2, 0.25) is 5.95 Å². The summed E-state index contributed by atoms with van der Waals surface area (Å²) in [5.74, 6) is -0.488. The highest BCUT2D eigenvalue weighted by molar-refractivity contribution is 6.31. The van der Waals surface area contributed by atoms with Crippen molar-refractivity contribution >= 4 is 46.3 Å². The van der Waals surface area contributed by atoms with Crippen LogP contribution in [0.15, 0.2) is 35.6 Å². The third-order valence-corrected chi connectivity index (χ3v) is 4.16. The van der Waals surface area contributed by atoms with Crippen molar-refractivity contribution in [2.45, 2.75) is 19.9 Å². The van der Waals surface area contributed by atoms with Gasteiger partial charge in [-0.2, -0.15) is 4.98 Å². The van der Waals surface area contributed by atoms with Crippen LogP contribution in [0.1, 0.15) is 19.4 Å². The summed E-state index contributed by atoms with van der Waals surface area (Å²) in [6, 6.07) is 5.12. The van der Waals surface area contributed by atoms with Crippen molar-refractivity contribution in [1.29, 1.82) is 0 Å². The lowest BCUT2D eigenvalue weighted by atomic mass is 10.2. The van der Waals surface area contributed by atoms with Gasteiger partial charge in [-0.15, -0.1) is 0 Å². The molecule has 0 saturated carbocycles. The number of carboxylic acid groups (broad SMARTS) is 1. The molecule has 11 heteroatoms. The summed E-state index contributed by atoms with van der Waals surface area (Å²) in [5, 5.41) is 24.9. The van der Waals surface area contributed by atoms with Crippen LogP contribution in [0.25, 0.3) is 11.2 Å². The molecule has 3 rings (SSSR count). The van der Waals surface area contributed by atoms with Crippen LogP contribution in [0.2, 0.25) is 5.02 Å². The number of hydrogen-bond acceptors (Lipinski definition) is 5. The number of hydrogen-bond donors (Lipinski definition) is 4. The quantitative estimate of drug-likeness (QED) is 0.225. The molecule has 2 heterocycles. The Balaban J connectivity index is 2.03. The first-order chi connectivity index (χ1) is 13.3. The van der Waals surface area contributed by atoms with Gasteiger partial charge in [0.25, 0.3) is 0 Å². The number of imidazole rings is 1. The number of anilines is 2. The predicted molar refractivity (Wildman–Crippen MR) is 103 cm³/mol. The lowest BCUT2D eigenvalue weighted by Gasteiger charge is -2.19. The number of rotatable bonds is 4. The van der Waals surface area contributed by atoms with Crippen molar-refractivity contribution in [3.05, 3.63) is 46.9 Å². The largest absolute Gasteiger partial charge is 0.465 e. The van der Waals surface area contributed by atoms with Crippen LogP contribution >= 0.6 is 11.6 Å². The van der Waals surface area contributed by atoms with Gasteiger partial charge in [-0.3, -0.25) is 0 Å². The first-order valence-corrected chi connectivity index (χ1v) is 8.51. The number of H-pyrrole nitrogens is 1. The van der Waals surface area contributed by atoms with Gasteiger partial charge in [-0.1, -0.05) is 16.8 Å². The molecule has 146 valence electrons. The van der Waals surface area contributed by atoms with Crippen molar-refractivity contribution in [3.8, 4) is 0 Å². The standard InChI is InChI=1S/C17H16ClFN6O3/c1-8(2)25(17(26)27)16-22-13-10(5-6-20-15(13)23-16)14(24-28)21-9-3-4-12(19)11(18)7-9/h3-8,28H,1-2H3,(H,21,24)(H,26,27)(H,20,22,23). The van der Waals surface area contributed by atoms with Gasteiger partial charge in [0.15, 0.2) is 11.5 Å². The van der Waals surface area contributed by atoms with E-state index in [-0.39, 0.29) is 28.5 Å². The summed E-state index contributed by atoms with van der Waals surface area (Å²) in [5.41, 5.74) is 1.36. The highest BCUT2D eigenvalue weighted by Crippen LogP contribution is 2.24. The highest BCUT2D eigenvalue weighted by Gasteiger charge is 2.23. The molecular formula is C17H16ClFN6O3. The van der Waals surface area contributed by atoms with Crippen molar-refractivity contribution in [2.75, 3.05) is 10.2 Å². The third-order valence-electron chi connectivity index (χ3n) is 3.87. The predicted octanol–water partition coefficient (Wildman–Crippen LogP) is 3.89. The van der Waals surface area contributed by atoms with Gasteiger partial charge < -0.3 is 20.6 Å². The normalized spacial score (nSPS) is 11.8. The maximum Gasteiger partial charge on any atom is 0.414 e. The fourth-order valence-electron chi connectivity index (χ4n) is 2.62. The van der Waals surface area contributed by atoms with Gasteiger partial charge >= 0.3 is 6.09 Å². The van der Waals surface area contributed by atoms with Crippen LogP contribution in [0, 0.1) is 5.82 Å². The molecule has 0 unspecified atom stereocenters. The van der Waals surface area contributed by atoms with Crippen molar-refractivity contribution in [1.82, 2.24) is 15.0 Å². The first kappa shape index (κ1) is 19.4. The molecule has 4 N–H and O–H groups in total. The zero-order valence-corrected chi connectivity index (χ0v) is 15.6. The second kappa shape index (κ2) is 7.69. The topological polar surface area (TPSA) is 127 Å². The van der Waals surface area contributed by atoms with Gasteiger partial charge in [0, 0.05) is 23.5 Å². The van der Waals surface area contributed by atoms with E-state index >= 15 is 0 Å². The molecule has 28 heavy (non-hydrogen) atoms. The summed E-state index contributed by atoms with van der Waals surface area (Å²) < 4.78 is 13.3. The number of carbonyl (C=O) groups is 1. The summed E-state index contributed by atoms with van der Waals surface area (Å²) in [7, 11) is 0. The average Bonchev–Trinajstić information content (AvgIpc) is 3.05. The molecule has 2 aromatic heterocycles. The van der Waals surface area contributed by atoms with Gasteiger partial charge in [-0.05, 0) is 38.1 Å². The van der Waals surface area contributed by atoms with Gasteiger partial charge in [0.1, 0.15) is 5.82 Å². The van der Waals surface area contributed by atoms with Crippen molar-refractivity contribution in [3.63, 3.8) is 0 Å². The number of fused-ring (bicyclic) bond motifs is 1. The number of amidine groups is 1. The number of aromatic amines is 1.